The molecule has 0 atom stereocenters. The van der Waals surface area contributed by atoms with Crippen molar-refractivity contribution in [2.45, 2.75) is 13.5 Å². The van der Waals surface area contributed by atoms with Crippen LogP contribution in [0.3, 0.4) is 0 Å². The van der Waals surface area contributed by atoms with Gasteiger partial charge in [0.1, 0.15) is 23.6 Å². The molecule has 0 saturated carbocycles. The molecule has 0 aliphatic rings. The van der Waals surface area contributed by atoms with Gasteiger partial charge in [0, 0.05) is 28.7 Å². The number of aromatic nitrogens is 4. The summed E-state index contributed by atoms with van der Waals surface area (Å²) in [6.07, 6.45) is 3.58. The maximum absolute atomic E-state index is 9.47. The Morgan fingerprint density at radius 2 is 2.12 bits per heavy atom. The average Bonchev–Trinajstić information content (AvgIpc) is 3.26. The van der Waals surface area contributed by atoms with Gasteiger partial charge in [-0.3, -0.25) is 4.68 Å². The Balaban J connectivity index is 1.89. The van der Waals surface area contributed by atoms with Crippen molar-refractivity contribution >= 4 is 21.9 Å². The number of nitrogens with zero attached hydrogens (tertiary/aromatic N) is 5. The molecule has 7 nitrogen and oxygen atoms in total. The predicted molar refractivity (Wildman–Crippen MR) is 95.6 cm³/mol. The quantitative estimate of drug-likeness (QED) is 0.616. The molecule has 0 aliphatic carbocycles. The van der Waals surface area contributed by atoms with Gasteiger partial charge in [-0.05, 0) is 30.7 Å². The summed E-state index contributed by atoms with van der Waals surface area (Å²) < 4.78 is 7.31. The lowest BCUT2D eigenvalue weighted by Gasteiger charge is -2.12. The molecular weight excluding hydrogens is 328 g/mol. The van der Waals surface area contributed by atoms with E-state index in [9.17, 15) is 5.26 Å². The van der Waals surface area contributed by atoms with Gasteiger partial charge in [-0.2, -0.15) is 15.6 Å². The fourth-order valence-electron chi connectivity index (χ4n) is 3.21. The molecule has 4 aromatic rings. The summed E-state index contributed by atoms with van der Waals surface area (Å²) in [6, 6.07) is 9.69. The highest BCUT2D eigenvalue weighted by atomic mass is 16.5. The zero-order valence-corrected chi connectivity index (χ0v) is 14.2. The zero-order valence-electron chi connectivity index (χ0n) is 14.2. The van der Waals surface area contributed by atoms with E-state index in [0.717, 1.165) is 27.4 Å². The van der Waals surface area contributed by atoms with Crippen LogP contribution in [0, 0.1) is 29.6 Å². The first kappa shape index (κ1) is 15.7. The molecule has 0 aliphatic heterocycles. The normalized spacial score (nSPS) is 10.8. The van der Waals surface area contributed by atoms with Gasteiger partial charge in [-0.1, -0.05) is 0 Å². The summed E-state index contributed by atoms with van der Waals surface area (Å²) in [7, 11) is 1.61. The van der Waals surface area contributed by atoms with Gasteiger partial charge >= 0.3 is 0 Å². The third-order valence-electron chi connectivity index (χ3n) is 4.41. The van der Waals surface area contributed by atoms with Crippen molar-refractivity contribution in [2.75, 3.05) is 7.11 Å². The number of hydrogen-bond donors (Lipinski definition) is 1. The van der Waals surface area contributed by atoms with E-state index in [1.165, 1.54) is 0 Å². The summed E-state index contributed by atoms with van der Waals surface area (Å²) in [5, 5.41) is 24.6. The number of benzene rings is 1. The Hall–Kier alpha value is -3.84. The van der Waals surface area contributed by atoms with Crippen LogP contribution in [0.15, 0.2) is 30.6 Å². The van der Waals surface area contributed by atoms with Crippen molar-refractivity contribution < 1.29 is 4.74 Å². The molecule has 1 aromatic carbocycles. The molecule has 126 valence electrons. The number of aromatic amines is 1. The van der Waals surface area contributed by atoms with Gasteiger partial charge in [-0.15, -0.1) is 0 Å². The van der Waals surface area contributed by atoms with Crippen LogP contribution in [0.2, 0.25) is 0 Å². The number of rotatable bonds is 3. The van der Waals surface area contributed by atoms with Crippen LogP contribution in [0.5, 0.6) is 5.75 Å². The molecule has 0 fully saturated rings. The van der Waals surface area contributed by atoms with E-state index in [-0.39, 0.29) is 0 Å². The maximum atomic E-state index is 9.47. The van der Waals surface area contributed by atoms with Crippen molar-refractivity contribution in [2.24, 2.45) is 0 Å². The molecule has 0 unspecified atom stereocenters. The Bertz CT molecular complexity index is 1240. The largest absolute Gasteiger partial charge is 0.496 e. The lowest BCUT2D eigenvalue weighted by Crippen LogP contribution is -2.04. The first-order chi connectivity index (χ1) is 12.6. The van der Waals surface area contributed by atoms with Crippen molar-refractivity contribution in [1.29, 1.82) is 10.5 Å². The number of pyridine rings is 1. The molecule has 0 amide bonds. The third kappa shape index (κ3) is 2.35. The highest BCUT2D eigenvalue weighted by molar-refractivity contribution is 5.93. The highest BCUT2D eigenvalue weighted by Crippen LogP contribution is 2.33. The minimum Gasteiger partial charge on any atom is -0.496 e. The van der Waals surface area contributed by atoms with Crippen LogP contribution < -0.4 is 4.74 Å². The lowest BCUT2D eigenvalue weighted by atomic mass is 10.0. The zero-order chi connectivity index (χ0) is 18.3. The molecule has 0 saturated heterocycles. The van der Waals surface area contributed by atoms with E-state index in [1.54, 1.807) is 24.1 Å². The van der Waals surface area contributed by atoms with Gasteiger partial charge in [0.2, 0.25) is 0 Å². The van der Waals surface area contributed by atoms with Crippen LogP contribution in [0.1, 0.15) is 22.4 Å². The number of H-pyrrole nitrogens is 1. The lowest BCUT2D eigenvalue weighted by molar-refractivity contribution is 0.408. The van der Waals surface area contributed by atoms with Crippen LogP contribution in [0.4, 0.5) is 0 Å². The molecule has 0 bridgehead atoms. The molecule has 3 heterocycles. The standard InChI is InChI=1S/C19H14N6O/c1-11-5-16(26-2)15(17-13(6-20)8-22-18(11)17)10-25-9-12-3-4-14(7-21)23-19(12)24-25/h3-5,8-9,22H,10H2,1-2H3. The Kier molecular flexibility index (Phi) is 3.56. The van der Waals surface area contributed by atoms with Gasteiger partial charge in [-0.25, -0.2) is 4.98 Å². The molecular formula is C19H14N6O. The Labute approximate surface area is 149 Å². The van der Waals surface area contributed by atoms with Gasteiger partial charge < -0.3 is 9.72 Å². The van der Waals surface area contributed by atoms with E-state index >= 15 is 0 Å². The van der Waals surface area contributed by atoms with E-state index in [0.29, 0.717) is 29.2 Å². The van der Waals surface area contributed by atoms with Crippen molar-refractivity contribution in [3.8, 4) is 17.9 Å². The van der Waals surface area contributed by atoms with E-state index in [1.807, 2.05) is 31.3 Å². The third-order valence-corrected chi connectivity index (χ3v) is 4.41. The highest BCUT2D eigenvalue weighted by Gasteiger charge is 2.17. The number of nitrogens with one attached hydrogen (secondary N) is 1. The molecule has 3 aromatic heterocycles. The second-order valence-electron chi connectivity index (χ2n) is 5.99. The van der Waals surface area contributed by atoms with Crippen LogP contribution >= 0.6 is 0 Å². The molecule has 0 radical (unpaired) electrons. The number of fused-ring (bicyclic) bond motifs is 2. The summed E-state index contributed by atoms with van der Waals surface area (Å²) in [6.45, 7) is 2.40. The van der Waals surface area contributed by atoms with Gasteiger partial charge in [0.05, 0.1) is 24.7 Å². The molecule has 26 heavy (non-hydrogen) atoms. The topological polar surface area (TPSA) is 103 Å². The fraction of sp³-hybridized carbons (Fsp3) is 0.158. The molecule has 0 spiro atoms. The summed E-state index contributed by atoms with van der Waals surface area (Å²) >= 11 is 0. The number of methoxy groups -OCH3 is 1. The monoisotopic (exact) mass is 342 g/mol. The second-order valence-corrected chi connectivity index (χ2v) is 5.99. The Morgan fingerprint density at radius 1 is 1.27 bits per heavy atom. The number of ether oxygens (including phenoxy) is 1. The molecule has 1 N–H and O–H groups in total. The minimum absolute atomic E-state index is 0.329. The first-order valence-electron chi connectivity index (χ1n) is 7.96. The summed E-state index contributed by atoms with van der Waals surface area (Å²) in [4.78, 5) is 7.39. The second kappa shape index (κ2) is 5.91. The van der Waals surface area contributed by atoms with Crippen molar-refractivity contribution in [3.63, 3.8) is 0 Å². The van der Waals surface area contributed by atoms with Crippen LogP contribution in [-0.4, -0.2) is 26.9 Å². The van der Waals surface area contributed by atoms with Gasteiger partial charge in [0.15, 0.2) is 5.65 Å². The Morgan fingerprint density at radius 3 is 2.85 bits per heavy atom. The molecule has 7 heteroatoms. The molecule has 4 rings (SSSR count). The van der Waals surface area contributed by atoms with E-state index in [4.69, 9.17) is 10.00 Å². The fourth-order valence-corrected chi connectivity index (χ4v) is 3.21. The van der Waals surface area contributed by atoms with Crippen molar-refractivity contribution in [3.05, 3.63) is 53.0 Å². The number of hydrogen-bond acceptors (Lipinski definition) is 5. The van der Waals surface area contributed by atoms with Gasteiger partial charge in [0.25, 0.3) is 0 Å². The van der Waals surface area contributed by atoms with E-state index in [2.05, 4.69) is 21.1 Å². The first-order valence-corrected chi connectivity index (χ1v) is 7.96. The smallest absolute Gasteiger partial charge is 0.182 e. The minimum atomic E-state index is 0.329. The number of aryl methyl sites for hydroxylation is 1. The predicted octanol–water partition coefficient (Wildman–Crippen LogP) is 3.02. The van der Waals surface area contributed by atoms with Crippen LogP contribution in [0.25, 0.3) is 21.9 Å². The van der Waals surface area contributed by atoms with Crippen molar-refractivity contribution in [1.82, 2.24) is 19.7 Å². The maximum Gasteiger partial charge on any atom is 0.182 e. The van der Waals surface area contributed by atoms with E-state index < -0.39 is 0 Å². The number of nitriles is 2. The van der Waals surface area contributed by atoms with Crippen LogP contribution in [-0.2, 0) is 6.54 Å². The average molecular weight is 342 g/mol. The summed E-state index contributed by atoms with van der Waals surface area (Å²) in [5.41, 5.74) is 4.21. The SMILES string of the molecule is COc1cc(C)c2[nH]cc(C#N)c2c1Cn1cc2ccc(C#N)nc2n1. The summed E-state index contributed by atoms with van der Waals surface area (Å²) in [5.74, 6) is 0.705.